The van der Waals surface area contributed by atoms with Gasteiger partial charge in [-0.2, -0.15) is 0 Å². The lowest BCUT2D eigenvalue weighted by molar-refractivity contribution is -0.131. The number of fused-ring (bicyclic) bond motifs is 5. The van der Waals surface area contributed by atoms with Gasteiger partial charge in [-0.15, -0.1) is 0 Å². The van der Waals surface area contributed by atoms with Crippen LogP contribution in [-0.2, 0) is 17.8 Å². The maximum Gasteiger partial charge on any atom is 0.407 e. The van der Waals surface area contributed by atoms with Gasteiger partial charge < -0.3 is 14.9 Å². The van der Waals surface area contributed by atoms with Crippen LogP contribution >= 0.6 is 15.9 Å². The summed E-state index contributed by atoms with van der Waals surface area (Å²) in [4.78, 5) is 28.7. The fourth-order valence-electron chi connectivity index (χ4n) is 5.74. The second-order valence-corrected chi connectivity index (χ2v) is 9.80. The minimum absolute atomic E-state index is 0.0466. The molecular weight excluding hydrogens is 511 g/mol. The van der Waals surface area contributed by atoms with E-state index >= 15 is 0 Å². The van der Waals surface area contributed by atoms with Crippen LogP contribution in [-0.4, -0.2) is 44.8 Å². The van der Waals surface area contributed by atoms with Crippen LogP contribution in [0.2, 0.25) is 0 Å². The van der Waals surface area contributed by atoms with Gasteiger partial charge in [0.15, 0.2) is 0 Å². The van der Waals surface area contributed by atoms with Crippen LogP contribution < -0.4 is 0 Å². The Morgan fingerprint density at radius 1 is 1.00 bits per heavy atom. The van der Waals surface area contributed by atoms with Gasteiger partial charge in [0.05, 0.1) is 17.4 Å². The third kappa shape index (κ3) is 4.57. The second kappa shape index (κ2) is 9.82. The lowest BCUT2D eigenvalue weighted by Gasteiger charge is -2.34. The van der Waals surface area contributed by atoms with E-state index in [1.54, 1.807) is 11.0 Å². The number of benzene rings is 3. The number of rotatable bonds is 5. The van der Waals surface area contributed by atoms with E-state index in [9.17, 15) is 19.1 Å². The molecule has 1 saturated heterocycles. The van der Waals surface area contributed by atoms with Crippen LogP contribution in [0, 0.1) is 5.82 Å². The molecule has 1 aliphatic carbocycles. The minimum Gasteiger partial charge on any atom is -0.465 e. The van der Waals surface area contributed by atoms with Crippen molar-refractivity contribution in [2.45, 2.75) is 37.4 Å². The van der Waals surface area contributed by atoms with Gasteiger partial charge in [0.2, 0.25) is 5.91 Å². The van der Waals surface area contributed by atoms with Crippen LogP contribution in [0.3, 0.4) is 0 Å². The topological polar surface area (TPSA) is 60.9 Å². The molecule has 2 aliphatic rings. The van der Waals surface area contributed by atoms with E-state index in [1.807, 2.05) is 48.5 Å². The lowest BCUT2D eigenvalue weighted by Crippen LogP contribution is -2.46. The molecule has 1 N–H and O–H groups in total. The molecule has 1 aliphatic heterocycles. The average molecular weight is 537 g/mol. The van der Waals surface area contributed by atoms with Gasteiger partial charge in [0, 0.05) is 19.0 Å². The number of nitrogens with zero attached hydrogens (tertiary/aromatic N) is 2. The number of carbonyl (C=O) groups excluding carboxylic acids is 1. The molecule has 1 heterocycles. The molecule has 0 spiro atoms. The van der Waals surface area contributed by atoms with E-state index < -0.39 is 6.09 Å². The Hall–Kier alpha value is -3.19. The molecule has 3 aromatic carbocycles. The normalized spacial score (nSPS) is 20.4. The molecule has 0 bridgehead atoms. The second-order valence-electron chi connectivity index (χ2n) is 9.24. The van der Waals surface area contributed by atoms with E-state index in [2.05, 4.69) is 28.1 Å². The predicted molar refractivity (Wildman–Crippen MR) is 135 cm³/mol. The highest BCUT2D eigenvalue weighted by Crippen LogP contribution is 2.51. The van der Waals surface area contributed by atoms with Gasteiger partial charge >= 0.3 is 6.09 Å². The van der Waals surface area contributed by atoms with E-state index in [-0.39, 0.29) is 48.1 Å². The molecule has 7 heteroatoms. The zero-order valence-corrected chi connectivity index (χ0v) is 20.7. The number of likely N-dealkylation sites (tertiary alicyclic amines) is 1. The largest absolute Gasteiger partial charge is 0.465 e. The van der Waals surface area contributed by atoms with Crippen molar-refractivity contribution in [2.75, 3.05) is 11.9 Å². The van der Waals surface area contributed by atoms with Crippen LogP contribution in [0.1, 0.15) is 46.2 Å². The zero-order valence-electron chi connectivity index (χ0n) is 19.1. The summed E-state index contributed by atoms with van der Waals surface area (Å²) in [5.41, 5.74) is 5.01. The molecule has 0 saturated carbocycles. The third-order valence-electron chi connectivity index (χ3n) is 7.18. The number of hydrogen-bond acceptors (Lipinski definition) is 2. The molecule has 3 atom stereocenters. The van der Waals surface area contributed by atoms with Crippen molar-refractivity contribution in [3.63, 3.8) is 0 Å². The van der Waals surface area contributed by atoms with E-state index in [4.69, 9.17) is 0 Å². The summed E-state index contributed by atoms with van der Waals surface area (Å²) in [6, 6.07) is 21.8. The van der Waals surface area contributed by atoms with Gasteiger partial charge in [-0.25, -0.2) is 9.18 Å². The maximum absolute atomic E-state index is 14.5. The summed E-state index contributed by atoms with van der Waals surface area (Å²) in [6.07, 6.45) is 0.253. The summed E-state index contributed by atoms with van der Waals surface area (Å²) >= 11 is 3.33. The third-order valence-corrected chi connectivity index (χ3v) is 7.66. The molecule has 1 fully saturated rings. The molecule has 0 aromatic heterocycles. The number of alkyl halides is 1. The molecule has 3 aromatic rings. The van der Waals surface area contributed by atoms with Gasteiger partial charge in [0.1, 0.15) is 5.82 Å². The van der Waals surface area contributed by atoms with Crippen molar-refractivity contribution in [2.24, 2.45) is 0 Å². The SMILES string of the molecule is O=C(O)N(Cc1ccccc1)C[C@@H]1C[C@@H]2c3ccccc3Cc3ccc(F)cc3[C@H]2N1C(=O)CBr. The summed E-state index contributed by atoms with van der Waals surface area (Å²) in [7, 11) is 0. The number of halogens is 2. The van der Waals surface area contributed by atoms with Crippen molar-refractivity contribution in [3.05, 3.63) is 106 Å². The summed E-state index contributed by atoms with van der Waals surface area (Å²) in [6.45, 7) is 0.420. The Balaban J connectivity index is 1.57. The fraction of sp³-hybridized carbons (Fsp3) is 0.286. The Kier molecular flexibility index (Phi) is 6.60. The van der Waals surface area contributed by atoms with Crippen LogP contribution in [0.4, 0.5) is 9.18 Å². The van der Waals surface area contributed by atoms with Crippen molar-refractivity contribution in [1.82, 2.24) is 9.80 Å². The first-order valence-corrected chi connectivity index (χ1v) is 12.8. The predicted octanol–water partition coefficient (Wildman–Crippen LogP) is 5.73. The maximum atomic E-state index is 14.5. The number of hydrogen-bond donors (Lipinski definition) is 1. The Morgan fingerprint density at radius 3 is 2.46 bits per heavy atom. The fourth-order valence-corrected chi connectivity index (χ4v) is 6.03. The van der Waals surface area contributed by atoms with Crippen molar-refractivity contribution in [1.29, 1.82) is 0 Å². The Labute approximate surface area is 212 Å². The molecule has 2 amide bonds. The van der Waals surface area contributed by atoms with Gasteiger partial charge in [-0.1, -0.05) is 76.6 Å². The van der Waals surface area contributed by atoms with E-state index in [0.717, 1.165) is 22.3 Å². The van der Waals surface area contributed by atoms with E-state index in [1.165, 1.54) is 16.5 Å². The Morgan fingerprint density at radius 2 is 1.71 bits per heavy atom. The van der Waals surface area contributed by atoms with Gasteiger partial charge in [-0.05, 0) is 52.8 Å². The molecule has 0 radical (unpaired) electrons. The molecule has 35 heavy (non-hydrogen) atoms. The molecule has 180 valence electrons. The number of carboxylic acid groups (broad SMARTS) is 1. The average Bonchev–Trinajstić information content (AvgIpc) is 3.17. The highest BCUT2D eigenvalue weighted by atomic mass is 79.9. The number of amides is 2. The van der Waals surface area contributed by atoms with E-state index in [0.29, 0.717) is 12.8 Å². The summed E-state index contributed by atoms with van der Waals surface area (Å²) in [5, 5.41) is 10.1. The first-order valence-electron chi connectivity index (χ1n) is 11.7. The van der Waals surface area contributed by atoms with Crippen molar-refractivity contribution < 1.29 is 19.1 Å². The highest BCUT2D eigenvalue weighted by Gasteiger charge is 2.47. The van der Waals surface area contributed by atoms with Crippen molar-refractivity contribution in [3.8, 4) is 0 Å². The summed E-state index contributed by atoms with van der Waals surface area (Å²) in [5.74, 6) is -0.504. The minimum atomic E-state index is -1.03. The monoisotopic (exact) mass is 536 g/mol. The van der Waals surface area contributed by atoms with Crippen LogP contribution in [0.15, 0.2) is 72.8 Å². The smallest absolute Gasteiger partial charge is 0.407 e. The van der Waals surface area contributed by atoms with Gasteiger partial charge in [-0.3, -0.25) is 4.79 Å². The standard InChI is InChI=1S/C28H26BrFN2O3/c29-15-26(33)32-22(17-31(28(34)35)16-18-6-2-1-3-7-18)14-25-23-9-5-4-8-19(23)12-20-10-11-21(30)13-24(20)27(25)32/h1-11,13,22,25,27H,12,14-17H2,(H,34,35)/t22-,25+,27+/m0/s1. The van der Waals surface area contributed by atoms with Crippen LogP contribution in [0.5, 0.6) is 0 Å². The van der Waals surface area contributed by atoms with Gasteiger partial charge in [0.25, 0.3) is 0 Å². The molecular formula is C28H26BrFN2O3. The van der Waals surface area contributed by atoms with Crippen molar-refractivity contribution >= 4 is 27.9 Å². The summed E-state index contributed by atoms with van der Waals surface area (Å²) < 4.78 is 14.5. The number of carbonyl (C=O) groups is 2. The quantitative estimate of drug-likeness (QED) is 0.423. The molecule has 0 unspecified atom stereocenters. The lowest BCUT2D eigenvalue weighted by atomic mass is 9.86. The zero-order chi connectivity index (χ0) is 24.5. The first kappa shape index (κ1) is 23.5. The van der Waals surface area contributed by atoms with Crippen LogP contribution in [0.25, 0.3) is 0 Å². The highest BCUT2D eigenvalue weighted by molar-refractivity contribution is 9.09. The first-order chi connectivity index (χ1) is 17.0. The molecule has 5 rings (SSSR count). The molecule has 5 nitrogen and oxygen atoms in total. The Bertz CT molecular complexity index is 1250.